The van der Waals surface area contributed by atoms with Crippen molar-refractivity contribution in [3.63, 3.8) is 0 Å². The summed E-state index contributed by atoms with van der Waals surface area (Å²) in [7, 11) is 0. The summed E-state index contributed by atoms with van der Waals surface area (Å²) in [6.45, 7) is 4.74. The molecule has 3 heteroatoms. The SMILES string of the molecule is CC(C)OCC(N)CCc1ccsc1. The van der Waals surface area contributed by atoms with Crippen LogP contribution < -0.4 is 5.73 Å². The molecule has 80 valence electrons. The summed E-state index contributed by atoms with van der Waals surface area (Å²) < 4.78 is 5.45. The topological polar surface area (TPSA) is 35.2 Å². The van der Waals surface area contributed by atoms with E-state index in [0.717, 1.165) is 12.8 Å². The van der Waals surface area contributed by atoms with Crippen molar-refractivity contribution in [1.29, 1.82) is 0 Å². The van der Waals surface area contributed by atoms with Gasteiger partial charge in [-0.2, -0.15) is 11.3 Å². The van der Waals surface area contributed by atoms with Crippen LogP contribution in [-0.2, 0) is 11.2 Å². The molecule has 0 aliphatic heterocycles. The van der Waals surface area contributed by atoms with Gasteiger partial charge in [0.05, 0.1) is 12.7 Å². The highest BCUT2D eigenvalue weighted by Crippen LogP contribution is 2.09. The Labute approximate surface area is 90.1 Å². The largest absolute Gasteiger partial charge is 0.377 e. The molecule has 0 aliphatic rings. The predicted molar refractivity (Wildman–Crippen MR) is 61.7 cm³/mol. The van der Waals surface area contributed by atoms with Gasteiger partial charge in [-0.25, -0.2) is 0 Å². The van der Waals surface area contributed by atoms with E-state index in [1.165, 1.54) is 5.56 Å². The van der Waals surface area contributed by atoms with Gasteiger partial charge in [-0.1, -0.05) is 0 Å². The monoisotopic (exact) mass is 213 g/mol. The van der Waals surface area contributed by atoms with E-state index in [0.29, 0.717) is 6.61 Å². The van der Waals surface area contributed by atoms with Crippen molar-refractivity contribution < 1.29 is 4.74 Å². The number of ether oxygens (including phenoxy) is 1. The minimum absolute atomic E-state index is 0.164. The Bertz CT molecular complexity index is 233. The molecule has 0 spiro atoms. The van der Waals surface area contributed by atoms with Crippen LogP contribution in [0, 0.1) is 0 Å². The van der Waals surface area contributed by atoms with Gasteiger partial charge >= 0.3 is 0 Å². The minimum atomic E-state index is 0.164. The fourth-order valence-electron chi connectivity index (χ4n) is 1.19. The van der Waals surface area contributed by atoms with Crippen LogP contribution in [0.4, 0.5) is 0 Å². The van der Waals surface area contributed by atoms with Gasteiger partial charge < -0.3 is 10.5 Å². The molecule has 1 heterocycles. The Hall–Kier alpha value is -0.380. The summed E-state index contributed by atoms with van der Waals surface area (Å²) >= 11 is 1.74. The zero-order chi connectivity index (χ0) is 10.4. The molecule has 0 saturated carbocycles. The molecule has 1 rings (SSSR count). The Morgan fingerprint density at radius 2 is 2.29 bits per heavy atom. The fraction of sp³-hybridized carbons (Fsp3) is 0.636. The van der Waals surface area contributed by atoms with Crippen molar-refractivity contribution in [3.05, 3.63) is 22.4 Å². The molecular formula is C11H19NOS. The summed E-state index contributed by atoms with van der Waals surface area (Å²) in [6, 6.07) is 2.32. The maximum Gasteiger partial charge on any atom is 0.0621 e. The third kappa shape index (κ3) is 4.74. The molecule has 0 aliphatic carbocycles. The number of aryl methyl sites for hydroxylation is 1. The highest BCUT2D eigenvalue weighted by Gasteiger charge is 2.04. The van der Waals surface area contributed by atoms with E-state index in [2.05, 4.69) is 16.8 Å². The number of rotatable bonds is 6. The highest BCUT2D eigenvalue weighted by atomic mass is 32.1. The van der Waals surface area contributed by atoms with Gasteiger partial charge in [0, 0.05) is 6.04 Å². The summed E-state index contributed by atoms with van der Waals surface area (Å²) in [5, 5.41) is 4.28. The van der Waals surface area contributed by atoms with E-state index in [9.17, 15) is 0 Å². The molecule has 2 N–H and O–H groups in total. The molecule has 0 saturated heterocycles. The average molecular weight is 213 g/mol. The van der Waals surface area contributed by atoms with Crippen LogP contribution in [0.3, 0.4) is 0 Å². The lowest BCUT2D eigenvalue weighted by molar-refractivity contribution is 0.0670. The first-order valence-electron chi connectivity index (χ1n) is 5.06. The van der Waals surface area contributed by atoms with Crippen LogP contribution >= 0.6 is 11.3 Å². The summed E-state index contributed by atoms with van der Waals surface area (Å²) in [4.78, 5) is 0. The van der Waals surface area contributed by atoms with E-state index >= 15 is 0 Å². The second-order valence-corrected chi connectivity index (χ2v) is 4.59. The number of thiophene rings is 1. The first kappa shape index (κ1) is 11.7. The van der Waals surface area contributed by atoms with Crippen molar-refractivity contribution in [3.8, 4) is 0 Å². The van der Waals surface area contributed by atoms with E-state index in [1.54, 1.807) is 11.3 Å². The summed E-state index contributed by atoms with van der Waals surface area (Å²) in [5.74, 6) is 0. The van der Waals surface area contributed by atoms with Gasteiger partial charge in [0.2, 0.25) is 0 Å². The van der Waals surface area contributed by atoms with Crippen molar-refractivity contribution in [1.82, 2.24) is 0 Å². The predicted octanol–water partition coefficient (Wildman–Crippen LogP) is 2.43. The average Bonchev–Trinajstić information content (AvgIpc) is 2.63. The van der Waals surface area contributed by atoms with E-state index < -0.39 is 0 Å². The van der Waals surface area contributed by atoms with Crippen LogP contribution in [0.1, 0.15) is 25.8 Å². The molecule has 1 unspecified atom stereocenters. The lowest BCUT2D eigenvalue weighted by atomic mass is 10.1. The third-order valence-electron chi connectivity index (χ3n) is 2.03. The maximum atomic E-state index is 5.92. The third-order valence-corrected chi connectivity index (χ3v) is 2.76. The van der Waals surface area contributed by atoms with Gasteiger partial charge in [-0.15, -0.1) is 0 Å². The van der Waals surface area contributed by atoms with Gasteiger partial charge in [0.25, 0.3) is 0 Å². The zero-order valence-corrected chi connectivity index (χ0v) is 9.72. The quantitative estimate of drug-likeness (QED) is 0.787. The molecule has 0 aromatic carbocycles. The molecule has 0 fully saturated rings. The van der Waals surface area contributed by atoms with Crippen LogP contribution in [0.5, 0.6) is 0 Å². The molecule has 1 atom stereocenters. The Kier molecular flexibility index (Phi) is 5.15. The lowest BCUT2D eigenvalue weighted by Crippen LogP contribution is -2.28. The Morgan fingerprint density at radius 1 is 1.50 bits per heavy atom. The molecule has 1 aromatic heterocycles. The molecule has 0 amide bonds. The van der Waals surface area contributed by atoms with E-state index in [4.69, 9.17) is 10.5 Å². The first-order chi connectivity index (χ1) is 6.68. The van der Waals surface area contributed by atoms with Crippen molar-refractivity contribution in [2.75, 3.05) is 6.61 Å². The number of hydrogen-bond acceptors (Lipinski definition) is 3. The number of hydrogen-bond donors (Lipinski definition) is 1. The van der Waals surface area contributed by atoms with Gasteiger partial charge in [0.15, 0.2) is 0 Å². The molecular weight excluding hydrogens is 194 g/mol. The fourth-order valence-corrected chi connectivity index (χ4v) is 1.89. The molecule has 1 aromatic rings. The summed E-state index contributed by atoms with van der Waals surface area (Å²) in [5.41, 5.74) is 7.30. The summed E-state index contributed by atoms with van der Waals surface area (Å²) in [6.07, 6.45) is 2.34. The second-order valence-electron chi connectivity index (χ2n) is 3.81. The lowest BCUT2D eigenvalue weighted by Gasteiger charge is -2.13. The molecule has 14 heavy (non-hydrogen) atoms. The number of nitrogens with two attached hydrogens (primary N) is 1. The van der Waals surface area contributed by atoms with Crippen molar-refractivity contribution in [2.24, 2.45) is 5.73 Å². The minimum Gasteiger partial charge on any atom is -0.377 e. The first-order valence-corrected chi connectivity index (χ1v) is 6.01. The normalized spacial score (nSPS) is 13.4. The van der Waals surface area contributed by atoms with Crippen LogP contribution in [-0.4, -0.2) is 18.8 Å². The Morgan fingerprint density at radius 3 is 2.86 bits per heavy atom. The van der Waals surface area contributed by atoms with Gasteiger partial charge in [-0.3, -0.25) is 0 Å². The maximum absolute atomic E-state index is 5.92. The van der Waals surface area contributed by atoms with Crippen LogP contribution in [0.2, 0.25) is 0 Å². The van der Waals surface area contributed by atoms with Gasteiger partial charge in [-0.05, 0) is 49.1 Å². The molecule has 0 radical (unpaired) electrons. The molecule has 2 nitrogen and oxygen atoms in total. The second kappa shape index (κ2) is 6.17. The smallest absolute Gasteiger partial charge is 0.0621 e. The van der Waals surface area contributed by atoms with Crippen LogP contribution in [0.25, 0.3) is 0 Å². The van der Waals surface area contributed by atoms with Crippen molar-refractivity contribution in [2.45, 2.75) is 38.8 Å². The van der Waals surface area contributed by atoms with Gasteiger partial charge in [0.1, 0.15) is 0 Å². The zero-order valence-electron chi connectivity index (χ0n) is 8.90. The highest BCUT2D eigenvalue weighted by molar-refractivity contribution is 7.07. The Balaban J connectivity index is 2.12. The van der Waals surface area contributed by atoms with Crippen molar-refractivity contribution >= 4 is 11.3 Å². The van der Waals surface area contributed by atoms with E-state index in [1.807, 2.05) is 13.8 Å². The van der Waals surface area contributed by atoms with E-state index in [-0.39, 0.29) is 12.1 Å². The van der Waals surface area contributed by atoms with Crippen LogP contribution in [0.15, 0.2) is 16.8 Å². The molecule has 0 bridgehead atoms. The standard InChI is InChI=1S/C11H19NOS/c1-9(2)13-7-11(12)4-3-10-5-6-14-8-10/h5-6,8-9,11H,3-4,7,12H2,1-2H3.